The summed E-state index contributed by atoms with van der Waals surface area (Å²) in [5.41, 5.74) is 7.05. The largest absolute Gasteiger partial charge is 0.361 e. The number of rotatable bonds is 5. The molecule has 4 aromatic rings. The van der Waals surface area contributed by atoms with Crippen molar-refractivity contribution in [3.63, 3.8) is 0 Å². The van der Waals surface area contributed by atoms with Crippen molar-refractivity contribution in [1.82, 2.24) is 19.7 Å². The maximum absolute atomic E-state index is 5.35. The topological polar surface area (TPSA) is 60.0 Å². The van der Waals surface area contributed by atoms with Crippen molar-refractivity contribution in [2.75, 3.05) is 11.4 Å². The number of anilines is 2. The summed E-state index contributed by atoms with van der Waals surface area (Å²) in [6.07, 6.45) is 7.38. The number of pyridine rings is 1. The molecule has 29 heavy (non-hydrogen) atoms. The minimum atomic E-state index is 0.801. The zero-order valence-corrected chi connectivity index (χ0v) is 18.4. The Bertz CT molecular complexity index is 1130. The van der Waals surface area contributed by atoms with Gasteiger partial charge in [-0.15, -0.1) is 0 Å². The fourth-order valence-corrected chi connectivity index (χ4v) is 4.16. The monoisotopic (exact) mass is 451 g/mol. The van der Waals surface area contributed by atoms with Gasteiger partial charge in [0.2, 0.25) is 0 Å². The van der Waals surface area contributed by atoms with Crippen molar-refractivity contribution in [3.05, 3.63) is 70.8 Å². The fraction of sp³-hybridized carbons (Fsp3) is 0.227. The summed E-state index contributed by atoms with van der Waals surface area (Å²) >= 11 is 3.71. The highest BCUT2D eigenvalue weighted by atomic mass is 79.9. The maximum atomic E-state index is 5.35. The Hall–Kier alpha value is -2.93. The van der Waals surface area contributed by atoms with Crippen LogP contribution >= 0.6 is 15.9 Å². The van der Waals surface area contributed by atoms with Crippen LogP contribution in [0.3, 0.4) is 0 Å². The third-order valence-corrected chi connectivity index (χ3v) is 5.65. The van der Waals surface area contributed by atoms with Gasteiger partial charge in [-0.25, -0.2) is 4.98 Å². The Kier molecular flexibility index (Phi) is 5.24. The number of nitrogens with zero attached hydrogens (tertiary/aromatic N) is 5. The van der Waals surface area contributed by atoms with Gasteiger partial charge in [-0.2, -0.15) is 0 Å². The van der Waals surface area contributed by atoms with Crippen LogP contribution < -0.4 is 4.90 Å². The second-order valence-electron chi connectivity index (χ2n) is 6.88. The molecule has 3 heterocycles. The van der Waals surface area contributed by atoms with E-state index in [0.29, 0.717) is 0 Å². The smallest absolute Gasteiger partial charge is 0.141 e. The molecule has 0 aliphatic heterocycles. The van der Waals surface area contributed by atoms with E-state index < -0.39 is 0 Å². The third kappa shape index (κ3) is 3.58. The van der Waals surface area contributed by atoms with Crippen LogP contribution in [0.2, 0.25) is 0 Å². The van der Waals surface area contributed by atoms with Crippen LogP contribution in [0.15, 0.2) is 58.2 Å². The fourth-order valence-electron chi connectivity index (χ4n) is 3.59. The summed E-state index contributed by atoms with van der Waals surface area (Å²) in [6.45, 7) is 8.86. The molecule has 7 heteroatoms. The highest BCUT2D eigenvalue weighted by molar-refractivity contribution is 9.10. The van der Waals surface area contributed by atoms with E-state index in [1.165, 1.54) is 0 Å². The van der Waals surface area contributed by atoms with Gasteiger partial charge >= 0.3 is 0 Å². The van der Waals surface area contributed by atoms with Gasteiger partial charge in [0, 0.05) is 46.4 Å². The van der Waals surface area contributed by atoms with Gasteiger partial charge in [-0.05, 0) is 67.9 Å². The molecule has 0 radical (unpaired) electrons. The Morgan fingerprint density at radius 3 is 2.59 bits per heavy atom. The highest BCUT2D eigenvalue weighted by Crippen LogP contribution is 2.35. The molecule has 3 aromatic heterocycles. The van der Waals surface area contributed by atoms with Gasteiger partial charge in [-0.1, -0.05) is 5.16 Å². The normalized spacial score (nSPS) is 11.1. The first-order chi connectivity index (χ1) is 14.0. The molecule has 4 rings (SSSR count). The van der Waals surface area contributed by atoms with Crippen molar-refractivity contribution in [2.45, 2.75) is 27.7 Å². The molecule has 0 fully saturated rings. The van der Waals surface area contributed by atoms with Crippen molar-refractivity contribution < 1.29 is 4.52 Å². The van der Waals surface area contributed by atoms with E-state index in [0.717, 1.165) is 56.4 Å². The van der Waals surface area contributed by atoms with Gasteiger partial charge in [0.15, 0.2) is 0 Å². The quantitative estimate of drug-likeness (QED) is 0.385. The predicted molar refractivity (Wildman–Crippen MR) is 118 cm³/mol. The van der Waals surface area contributed by atoms with E-state index in [-0.39, 0.29) is 0 Å². The van der Waals surface area contributed by atoms with Crippen molar-refractivity contribution in [3.8, 4) is 16.8 Å². The summed E-state index contributed by atoms with van der Waals surface area (Å²) in [5.74, 6) is 0.801. The Morgan fingerprint density at radius 1 is 1.14 bits per heavy atom. The van der Waals surface area contributed by atoms with E-state index >= 15 is 0 Å². The van der Waals surface area contributed by atoms with Crippen LogP contribution in [0.1, 0.15) is 24.1 Å². The lowest BCUT2D eigenvalue weighted by Gasteiger charge is -2.26. The first-order valence-corrected chi connectivity index (χ1v) is 10.2. The number of hydrogen-bond acceptors (Lipinski definition) is 5. The number of aromatic nitrogens is 4. The molecular formula is C22H22BrN5O. The predicted octanol–water partition coefficient (Wildman–Crippen LogP) is 5.77. The summed E-state index contributed by atoms with van der Waals surface area (Å²) in [4.78, 5) is 11.0. The van der Waals surface area contributed by atoms with Gasteiger partial charge in [0.05, 0.1) is 29.1 Å². The van der Waals surface area contributed by atoms with Crippen molar-refractivity contribution in [1.29, 1.82) is 0 Å². The van der Waals surface area contributed by atoms with Gasteiger partial charge < -0.3 is 14.0 Å². The summed E-state index contributed by atoms with van der Waals surface area (Å²) < 4.78 is 8.33. The van der Waals surface area contributed by atoms with Gasteiger partial charge in [0.1, 0.15) is 5.76 Å². The zero-order valence-electron chi connectivity index (χ0n) is 16.8. The molecule has 6 nitrogen and oxygen atoms in total. The maximum Gasteiger partial charge on any atom is 0.141 e. The lowest BCUT2D eigenvalue weighted by molar-refractivity contribution is 0.393. The van der Waals surface area contributed by atoms with Crippen LogP contribution in [0, 0.1) is 20.8 Å². The number of aryl methyl sites for hydroxylation is 3. The highest BCUT2D eigenvalue weighted by Gasteiger charge is 2.17. The second kappa shape index (κ2) is 7.83. The molecule has 0 atom stereocenters. The van der Waals surface area contributed by atoms with Gasteiger partial charge in [0.25, 0.3) is 0 Å². The molecule has 0 bridgehead atoms. The molecule has 0 unspecified atom stereocenters. The lowest BCUT2D eigenvalue weighted by Crippen LogP contribution is -2.18. The first kappa shape index (κ1) is 19.4. The minimum Gasteiger partial charge on any atom is -0.361 e. The van der Waals surface area contributed by atoms with Crippen LogP contribution in [0.25, 0.3) is 16.8 Å². The van der Waals surface area contributed by atoms with Crippen LogP contribution in [0.4, 0.5) is 11.4 Å². The molecule has 0 aliphatic carbocycles. The number of hydrogen-bond donors (Lipinski definition) is 0. The molecule has 0 amide bonds. The standard InChI is InChI=1S/C22H22BrN5O/c1-5-28(18-6-7-20(19(23)11-18)27-9-8-24-13-27)21-10-17(12-25-14(21)2)22-15(3)26-29-16(22)4/h6-13H,5H2,1-4H3. The SMILES string of the molecule is CCN(c1ccc(-n2ccnc2)c(Br)c1)c1cc(-c2c(C)noc2C)cnc1C. The van der Waals surface area contributed by atoms with E-state index in [2.05, 4.69) is 67.1 Å². The van der Waals surface area contributed by atoms with Crippen LogP contribution in [0.5, 0.6) is 0 Å². The number of imidazole rings is 1. The third-order valence-electron chi connectivity index (χ3n) is 5.01. The number of halogens is 1. The Morgan fingerprint density at radius 2 is 1.97 bits per heavy atom. The van der Waals surface area contributed by atoms with E-state index in [9.17, 15) is 0 Å². The van der Waals surface area contributed by atoms with Crippen LogP contribution in [-0.4, -0.2) is 26.2 Å². The van der Waals surface area contributed by atoms with Crippen LogP contribution in [-0.2, 0) is 0 Å². The average Bonchev–Trinajstić information content (AvgIpc) is 3.34. The molecule has 1 aromatic carbocycles. The molecule has 0 aliphatic rings. The molecule has 0 saturated carbocycles. The van der Waals surface area contributed by atoms with E-state index in [1.54, 1.807) is 12.5 Å². The van der Waals surface area contributed by atoms with E-state index in [4.69, 9.17) is 4.52 Å². The zero-order chi connectivity index (χ0) is 20.5. The molecule has 148 valence electrons. The molecule has 0 N–H and O–H groups in total. The second-order valence-corrected chi connectivity index (χ2v) is 7.73. The lowest BCUT2D eigenvalue weighted by atomic mass is 10.0. The molecule has 0 saturated heterocycles. The molecular weight excluding hydrogens is 430 g/mol. The van der Waals surface area contributed by atoms with Gasteiger partial charge in [-0.3, -0.25) is 4.98 Å². The summed E-state index contributed by atoms with van der Waals surface area (Å²) in [6, 6.07) is 8.49. The number of benzene rings is 1. The first-order valence-electron chi connectivity index (χ1n) is 9.45. The summed E-state index contributed by atoms with van der Waals surface area (Å²) in [7, 11) is 0. The van der Waals surface area contributed by atoms with Crippen molar-refractivity contribution in [2.24, 2.45) is 0 Å². The minimum absolute atomic E-state index is 0.801. The van der Waals surface area contributed by atoms with E-state index in [1.807, 2.05) is 37.7 Å². The molecule has 0 spiro atoms. The Balaban J connectivity index is 1.77. The summed E-state index contributed by atoms with van der Waals surface area (Å²) in [5, 5.41) is 4.08. The Labute approximate surface area is 178 Å². The van der Waals surface area contributed by atoms with Crippen molar-refractivity contribution >= 4 is 27.3 Å². The average molecular weight is 452 g/mol.